The van der Waals surface area contributed by atoms with Gasteiger partial charge in [-0.3, -0.25) is 4.79 Å². The monoisotopic (exact) mass is 274 g/mol. The first-order valence-electron chi connectivity index (χ1n) is 7.65. The lowest BCUT2D eigenvalue weighted by Crippen LogP contribution is -2.43. The summed E-state index contributed by atoms with van der Waals surface area (Å²) in [7, 11) is 4.16. The molecule has 0 aromatic heterocycles. The number of rotatable bonds is 6. The van der Waals surface area contributed by atoms with Crippen molar-refractivity contribution in [1.82, 2.24) is 10.2 Å². The van der Waals surface area contributed by atoms with Gasteiger partial charge in [0.25, 0.3) is 0 Å². The number of hydrogen-bond donors (Lipinski definition) is 1. The summed E-state index contributed by atoms with van der Waals surface area (Å²) in [5.41, 5.74) is 1.32. The van der Waals surface area contributed by atoms with Crippen LogP contribution in [0.5, 0.6) is 0 Å². The van der Waals surface area contributed by atoms with E-state index in [0.29, 0.717) is 6.04 Å². The largest absolute Gasteiger partial charge is 0.354 e. The zero-order valence-corrected chi connectivity index (χ0v) is 12.6. The lowest BCUT2D eigenvalue weighted by Gasteiger charge is -2.25. The molecule has 0 bridgehead atoms. The van der Waals surface area contributed by atoms with Crippen molar-refractivity contribution in [3.63, 3.8) is 0 Å². The lowest BCUT2D eigenvalue weighted by atomic mass is 10.0. The molecule has 0 aliphatic heterocycles. The molecular formula is C17H26N2O. The minimum Gasteiger partial charge on any atom is -0.354 e. The van der Waals surface area contributed by atoms with E-state index in [-0.39, 0.29) is 11.8 Å². The van der Waals surface area contributed by atoms with Gasteiger partial charge < -0.3 is 10.2 Å². The molecule has 1 aliphatic rings. The zero-order valence-electron chi connectivity index (χ0n) is 12.6. The highest BCUT2D eigenvalue weighted by Crippen LogP contribution is 2.24. The Hall–Kier alpha value is -1.35. The lowest BCUT2D eigenvalue weighted by molar-refractivity contribution is -0.125. The van der Waals surface area contributed by atoms with Crippen molar-refractivity contribution in [3.05, 3.63) is 35.9 Å². The van der Waals surface area contributed by atoms with Crippen LogP contribution < -0.4 is 5.32 Å². The van der Waals surface area contributed by atoms with Crippen LogP contribution in [0.25, 0.3) is 0 Å². The Morgan fingerprint density at radius 1 is 1.25 bits per heavy atom. The minimum atomic E-state index is 0.252. The first kappa shape index (κ1) is 15.0. The molecule has 1 saturated carbocycles. The van der Waals surface area contributed by atoms with Gasteiger partial charge in [0, 0.05) is 18.5 Å². The SMILES string of the molecule is CN(C)C(CNC(=O)C1CCCC1)Cc1ccccc1. The number of nitrogens with one attached hydrogen (secondary N) is 1. The third-order valence-electron chi connectivity index (χ3n) is 4.28. The van der Waals surface area contributed by atoms with E-state index < -0.39 is 0 Å². The quantitative estimate of drug-likeness (QED) is 0.864. The van der Waals surface area contributed by atoms with E-state index in [1.807, 2.05) is 6.07 Å². The van der Waals surface area contributed by atoms with Crippen LogP contribution in [-0.2, 0) is 11.2 Å². The van der Waals surface area contributed by atoms with Crippen LogP contribution in [0.4, 0.5) is 0 Å². The maximum absolute atomic E-state index is 12.1. The van der Waals surface area contributed by atoms with Gasteiger partial charge in [0.2, 0.25) is 5.91 Å². The number of hydrogen-bond acceptors (Lipinski definition) is 2. The van der Waals surface area contributed by atoms with Crippen LogP contribution in [0, 0.1) is 5.92 Å². The van der Waals surface area contributed by atoms with Crippen LogP contribution in [0.2, 0.25) is 0 Å². The molecule has 0 saturated heterocycles. The molecular weight excluding hydrogens is 248 g/mol. The zero-order chi connectivity index (χ0) is 14.4. The molecule has 0 radical (unpaired) electrons. The van der Waals surface area contributed by atoms with Crippen molar-refractivity contribution in [2.75, 3.05) is 20.6 Å². The van der Waals surface area contributed by atoms with Gasteiger partial charge in [-0.25, -0.2) is 0 Å². The Labute approximate surface area is 122 Å². The highest BCUT2D eigenvalue weighted by atomic mass is 16.1. The van der Waals surface area contributed by atoms with Gasteiger partial charge in [-0.05, 0) is 38.9 Å². The predicted octanol–water partition coefficient (Wildman–Crippen LogP) is 2.47. The van der Waals surface area contributed by atoms with Crippen molar-refractivity contribution < 1.29 is 4.79 Å². The Bertz CT molecular complexity index is 410. The second-order valence-electron chi connectivity index (χ2n) is 6.03. The third kappa shape index (κ3) is 4.34. The second kappa shape index (κ2) is 7.44. The summed E-state index contributed by atoms with van der Waals surface area (Å²) in [5, 5.41) is 3.15. The van der Waals surface area contributed by atoms with E-state index in [1.165, 1.54) is 18.4 Å². The first-order chi connectivity index (χ1) is 9.66. The van der Waals surface area contributed by atoms with Crippen molar-refractivity contribution in [3.8, 4) is 0 Å². The molecule has 20 heavy (non-hydrogen) atoms. The van der Waals surface area contributed by atoms with Gasteiger partial charge in [0.1, 0.15) is 0 Å². The van der Waals surface area contributed by atoms with Crippen LogP contribution in [0.1, 0.15) is 31.2 Å². The number of benzene rings is 1. The Balaban J connectivity index is 1.84. The molecule has 1 N–H and O–H groups in total. The van der Waals surface area contributed by atoms with Gasteiger partial charge in [-0.1, -0.05) is 43.2 Å². The molecule has 1 atom stereocenters. The number of carbonyl (C=O) groups is 1. The summed E-state index contributed by atoms with van der Waals surface area (Å²) in [6.07, 6.45) is 5.52. The maximum atomic E-state index is 12.1. The Morgan fingerprint density at radius 3 is 2.50 bits per heavy atom. The Morgan fingerprint density at radius 2 is 1.90 bits per heavy atom. The van der Waals surface area contributed by atoms with Crippen molar-refractivity contribution in [2.45, 2.75) is 38.1 Å². The molecule has 0 spiro atoms. The normalized spacial score (nSPS) is 17.4. The molecule has 2 rings (SSSR count). The second-order valence-corrected chi connectivity index (χ2v) is 6.03. The summed E-state index contributed by atoms with van der Waals surface area (Å²) < 4.78 is 0. The van der Waals surface area contributed by atoms with Crippen LogP contribution >= 0.6 is 0 Å². The van der Waals surface area contributed by atoms with Gasteiger partial charge >= 0.3 is 0 Å². The van der Waals surface area contributed by atoms with Gasteiger partial charge in [0.05, 0.1) is 0 Å². The van der Waals surface area contributed by atoms with Gasteiger partial charge in [-0.15, -0.1) is 0 Å². The summed E-state index contributed by atoms with van der Waals surface area (Å²) >= 11 is 0. The molecule has 1 unspecified atom stereocenters. The Kier molecular flexibility index (Phi) is 5.60. The van der Waals surface area contributed by atoms with E-state index >= 15 is 0 Å². The topological polar surface area (TPSA) is 32.3 Å². The number of likely N-dealkylation sites (N-methyl/N-ethyl adjacent to an activating group) is 1. The summed E-state index contributed by atoms with van der Waals surface area (Å²) in [5.74, 6) is 0.511. The first-order valence-corrected chi connectivity index (χ1v) is 7.65. The van der Waals surface area contributed by atoms with E-state index in [4.69, 9.17) is 0 Å². The van der Waals surface area contributed by atoms with Crippen molar-refractivity contribution in [2.24, 2.45) is 5.92 Å². The third-order valence-corrected chi connectivity index (χ3v) is 4.28. The molecule has 1 fully saturated rings. The average Bonchev–Trinajstić information content (AvgIpc) is 2.98. The van der Waals surface area contributed by atoms with E-state index in [9.17, 15) is 4.79 Å². The number of carbonyl (C=O) groups excluding carboxylic acids is 1. The van der Waals surface area contributed by atoms with E-state index in [2.05, 4.69) is 48.6 Å². The fourth-order valence-corrected chi connectivity index (χ4v) is 2.87. The van der Waals surface area contributed by atoms with Crippen molar-refractivity contribution in [1.29, 1.82) is 0 Å². The molecule has 3 nitrogen and oxygen atoms in total. The van der Waals surface area contributed by atoms with Crippen LogP contribution in [0.3, 0.4) is 0 Å². The van der Waals surface area contributed by atoms with E-state index in [0.717, 1.165) is 25.8 Å². The summed E-state index contributed by atoms with van der Waals surface area (Å²) in [6.45, 7) is 0.733. The molecule has 1 amide bonds. The van der Waals surface area contributed by atoms with Gasteiger partial charge in [-0.2, -0.15) is 0 Å². The molecule has 0 heterocycles. The summed E-state index contributed by atoms with van der Waals surface area (Å²) in [4.78, 5) is 14.3. The average molecular weight is 274 g/mol. The molecule has 110 valence electrons. The number of nitrogens with zero attached hydrogens (tertiary/aromatic N) is 1. The predicted molar refractivity (Wildman–Crippen MR) is 82.6 cm³/mol. The minimum absolute atomic E-state index is 0.252. The molecule has 1 aromatic rings. The van der Waals surface area contributed by atoms with E-state index in [1.54, 1.807) is 0 Å². The number of amides is 1. The molecule has 1 aliphatic carbocycles. The smallest absolute Gasteiger partial charge is 0.223 e. The molecule has 1 aromatic carbocycles. The molecule has 3 heteroatoms. The van der Waals surface area contributed by atoms with Crippen molar-refractivity contribution >= 4 is 5.91 Å². The highest BCUT2D eigenvalue weighted by Gasteiger charge is 2.23. The van der Waals surface area contributed by atoms with Crippen LogP contribution in [0.15, 0.2) is 30.3 Å². The standard InChI is InChI=1S/C17H26N2O/c1-19(2)16(12-14-8-4-3-5-9-14)13-18-17(20)15-10-6-7-11-15/h3-5,8-9,15-16H,6-7,10-13H2,1-2H3,(H,18,20). The fourth-order valence-electron chi connectivity index (χ4n) is 2.87. The fraction of sp³-hybridized carbons (Fsp3) is 0.588. The summed E-state index contributed by atoms with van der Waals surface area (Å²) in [6, 6.07) is 10.8. The maximum Gasteiger partial charge on any atom is 0.223 e. The van der Waals surface area contributed by atoms with Gasteiger partial charge in [0.15, 0.2) is 0 Å². The highest BCUT2D eigenvalue weighted by molar-refractivity contribution is 5.78. The van der Waals surface area contributed by atoms with Crippen LogP contribution in [-0.4, -0.2) is 37.5 Å².